The van der Waals surface area contributed by atoms with Gasteiger partial charge in [-0.05, 0) is 49.4 Å². The molecule has 2 heterocycles. The predicted octanol–water partition coefficient (Wildman–Crippen LogP) is 4.24. The number of oxazole rings is 2. The van der Waals surface area contributed by atoms with Crippen molar-refractivity contribution in [3.05, 3.63) is 64.2 Å². The lowest BCUT2D eigenvalue weighted by Crippen LogP contribution is -2.18. The molecule has 0 aliphatic rings. The number of nitrogens with zero attached hydrogens (tertiary/aromatic N) is 2. The maximum absolute atomic E-state index is 11.9. The molecule has 2 aromatic heterocycles. The lowest BCUT2D eigenvalue weighted by Gasteiger charge is -2.03. The minimum absolute atomic E-state index is 0.0466. The first kappa shape index (κ1) is 17.1. The molecule has 27 heavy (non-hydrogen) atoms. The number of fused-ring (bicyclic) bond motifs is 1. The first-order chi connectivity index (χ1) is 13.0. The largest absolute Gasteiger partial charge is 0.423 e. The molecule has 136 valence electrons. The van der Waals surface area contributed by atoms with Crippen LogP contribution in [0.5, 0.6) is 0 Å². The Kier molecular flexibility index (Phi) is 4.29. The molecular weight excluding hydrogens is 370 g/mol. The minimum Gasteiger partial charge on any atom is -0.423 e. The summed E-state index contributed by atoms with van der Waals surface area (Å²) in [5.41, 5.74) is 2.41. The number of benzene rings is 2. The highest BCUT2D eigenvalue weighted by molar-refractivity contribution is 6.30. The molecule has 8 heteroatoms. The van der Waals surface area contributed by atoms with Crippen molar-refractivity contribution < 1.29 is 13.6 Å². The summed E-state index contributed by atoms with van der Waals surface area (Å²) in [7, 11) is 0. The number of halogens is 1. The van der Waals surface area contributed by atoms with Crippen LogP contribution in [-0.2, 0) is 11.3 Å². The second-order valence-corrected chi connectivity index (χ2v) is 6.44. The fourth-order valence-electron chi connectivity index (χ4n) is 2.72. The van der Waals surface area contributed by atoms with Crippen LogP contribution in [0.4, 0.5) is 11.7 Å². The molecule has 0 aliphatic carbocycles. The number of aromatic nitrogens is 2. The van der Waals surface area contributed by atoms with Crippen LogP contribution in [0.25, 0.3) is 22.4 Å². The van der Waals surface area contributed by atoms with Gasteiger partial charge in [0.2, 0.25) is 0 Å². The number of Topliss-reactive ketones (excluding diaryl/α,β-unsaturated/α-hetero) is 1. The van der Waals surface area contributed by atoms with Crippen LogP contribution < -0.4 is 11.1 Å². The Hall–Kier alpha value is -3.32. The molecule has 0 unspecified atom stereocenters. The molecule has 0 atom stereocenters. The van der Waals surface area contributed by atoms with E-state index in [0.29, 0.717) is 33.6 Å². The average molecular weight is 384 g/mol. The van der Waals surface area contributed by atoms with Gasteiger partial charge in [-0.3, -0.25) is 9.36 Å². The number of hydrogen-bond acceptors (Lipinski definition) is 6. The number of nitrogens with one attached hydrogen (secondary N) is 1. The maximum Gasteiger partial charge on any atom is 0.420 e. The van der Waals surface area contributed by atoms with Crippen LogP contribution in [0, 0.1) is 0 Å². The summed E-state index contributed by atoms with van der Waals surface area (Å²) in [6.45, 7) is 1.37. The molecule has 7 nitrogen and oxygen atoms in total. The summed E-state index contributed by atoms with van der Waals surface area (Å²) in [4.78, 5) is 27.5. The Balaban J connectivity index is 1.63. The van der Waals surface area contributed by atoms with Crippen molar-refractivity contribution >= 4 is 40.2 Å². The third kappa shape index (κ3) is 3.50. The van der Waals surface area contributed by atoms with E-state index in [4.69, 9.17) is 20.4 Å². The summed E-state index contributed by atoms with van der Waals surface area (Å²) in [5.74, 6) is -0.121. The van der Waals surface area contributed by atoms with Gasteiger partial charge < -0.3 is 14.2 Å². The standard InChI is InChI=1S/C19H14ClN3O4/c1-11(24)10-23-15-8-14(6-7-16(15)27-19(23)25)22-18-21-9-17(26-18)12-2-4-13(20)5-3-12/h2-9H,10H2,1H3,(H,21,22). The fourth-order valence-corrected chi connectivity index (χ4v) is 2.84. The second-order valence-electron chi connectivity index (χ2n) is 6.00. The first-order valence-electron chi connectivity index (χ1n) is 8.11. The van der Waals surface area contributed by atoms with E-state index in [1.165, 1.54) is 11.5 Å². The SMILES string of the molecule is CC(=O)Cn1c(=O)oc2ccc(Nc3ncc(-c4ccc(Cl)cc4)o3)cc21. The van der Waals surface area contributed by atoms with Gasteiger partial charge >= 0.3 is 5.76 Å². The van der Waals surface area contributed by atoms with Gasteiger partial charge in [0, 0.05) is 16.3 Å². The van der Waals surface area contributed by atoms with Crippen molar-refractivity contribution in [1.29, 1.82) is 0 Å². The van der Waals surface area contributed by atoms with Gasteiger partial charge in [0.25, 0.3) is 6.01 Å². The highest BCUT2D eigenvalue weighted by atomic mass is 35.5. The molecule has 0 bridgehead atoms. The zero-order valence-electron chi connectivity index (χ0n) is 14.2. The monoisotopic (exact) mass is 383 g/mol. The van der Waals surface area contributed by atoms with E-state index in [1.807, 2.05) is 12.1 Å². The summed E-state index contributed by atoms with van der Waals surface area (Å²) >= 11 is 5.89. The van der Waals surface area contributed by atoms with E-state index in [1.54, 1.807) is 36.5 Å². The second kappa shape index (κ2) is 6.77. The maximum atomic E-state index is 11.9. The van der Waals surface area contributed by atoms with Crippen LogP contribution >= 0.6 is 11.6 Å². The number of hydrogen-bond donors (Lipinski definition) is 1. The van der Waals surface area contributed by atoms with E-state index in [2.05, 4.69) is 10.3 Å². The van der Waals surface area contributed by atoms with Gasteiger partial charge in [0.15, 0.2) is 11.3 Å². The van der Waals surface area contributed by atoms with Crippen LogP contribution in [0.15, 0.2) is 62.3 Å². The van der Waals surface area contributed by atoms with Gasteiger partial charge in [-0.25, -0.2) is 9.78 Å². The third-order valence-electron chi connectivity index (χ3n) is 3.93. The highest BCUT2D eigenvalue weighted by Crippen LogP contribution is 2.27. The summed E-state index contributed by atoms with van der Waals surface area (Å²) < 4.78 is 12.2. The molecule has 1 N–H and O–H groups in total. The minimum atomic E-state index is -0.571. The van der Waals surface area contributed by atoms with E-state index in [-0.39, 0.29) is 12.3 Å². The van der Waals surface area contributed by atoms with Gasteiger partial charge in [0.1, 0.15) is 5.78 Å². The van der Waals surface area contributed by atoms with Crippen LogP contribution in [0.1, 0.15) is 6.92 Å². The third-order valence-corrected chi connectivity index (χ3v) is 4.19. The molecule has 4 aromatic rings. The van der Waals surface area contributed by atoms with E-state index in [9.17, 15) is 9.59 Å². The molecule has 0 fully saturated rings. The van der Waals surface area contributed by atoms with Gasteiger partial charge in [0.05, 0.1) is 18.3 Å². The Labute approximate surface area is 158 Å². The Morgan fingerprint density at radius 1 is 1.19 bits per heavy atom. The number of carbonyl (C=O) groups is 1. The van der Waals surface area contributed by atoms with Crippen molar-refractivity contribution in [3.8, 4) is 11.3 Å². The van der Waals surface area contributed by atoms with Crippen molar-refractivity contribution in [2.45, 2.75) is 13.5 Å². The number of rotatable bonds is 5. The summed E-state index contributed by atoms with van der Waals surface area (Å²) in [6, 6.07) is 12.6. The topological polar surface area (TPSA) is 90.3 Å². The Bertz CT molecular complexity index is 1190. The number of ketones is 1. The zero-order valence-corrected chi connectivity index (χ0v) is 15.0. The van der Waals surface area contributed by atoms with E-state index >= 15 is 0 Å². The molecule has 0 spiro atoms. The first-order valence-corrected chi connectivity index (χ1v) is 8.49. The fraction of sp³-hybridized carbons (Fsp3) is 0.105. The Morgan fingerprint density at radius 2 is 1.96 bits per heavy atom. The zero-order chi connectivity index (χ0) is 19.0. The number of anilines is 2. The molecule has 0 saturated heterocycles. The molecular formula is C19H14ClN3O4. The summed E-state index contributed by atoms with van der Waals surface area (Å²) in [5, 5.41) is 3.68. The summed E-state index contributed by atoms with van der Waals surface area (Å²) in [6.07, 6.45) is 1.60. The van der Waals surface area contributed by atoms with Crippen molar-refractivity contribution in [3.63, 3.8) is 0 Å². The molecule has 4 rings (SSSR count). The molecule has 0 saturated carbocycles. The van der Waals surface area contributed by atoms with Gasteiger partial charge in [-0.1, -0.05) is 11.6 Å². The van der Waals surface area contributed by atoms with Crippen LogP contribution in [0.2, 0.25) is 5.02 Å². The lowest BCUT2D eigenvalue weighted by atomic mass is 10.2. The average Bonchev–Trinajstić information content (AvgIpc) is 3.21. The van der Waals surface area contributed by atoms with Crippen molar-refractivity contribution in [1.82, 2.24) is 9.55 Å². The van der Waals surface area contributed by atoms with Crippen LogP contribution in [0.3, 0.4) is 0 Å². The molecule has 0 aliphatic heterocycles. The molecule has 0 radical (unpaired) electrons. The molecule has 2 aromatic carbocycles. The van der Waals surface area contributed by atoms with Gasteiger partial charge in [-0.2, -0.15) is 0 Å². The normalized spacial score (nSPS) is 11.0. The van der Waals surface area contributed by atoms with Crippen molar-refractivity contribution in [2.75, 3.05) is 5.32 Å². The van der Waals surface area contributed by atoms with E-state index < -0.39 is 5.76 Å². The van der Waals surface area contributed by atoms with Gasteiger partial charge in [-0.15, -0.1) is 0 Å². The van der Waals surface area contributed by atoms with E-state index in [0.717, 1.165) is 5.56 Å². The Morgan fingerprint density at radius 3 is 2.70 bits per heavy atom. The predicted molar refractivity (Wildman–Crippen MR) is 101 cm³/mol. The quantitative estimate of drug-likeness (QED) is 0.554. The van der Waals surface area contributed by atoms with Crippen LogP contribution in [-0.4, -0.2) is 15.3 Å². The highest BCUT2D eigenvalue weighted by Gasteiger charge is 2.13. The number of carbonyl (C=O) groups excluding carboxylic acids is 1. The lowest BCUT2D eigenvalue weighted by molar-refractivity contribution is -0.117. The molecule has 0 amide bonds. The smallest absolute Gasteiger partial charge is 0.420 e. The van der Waals surface area contributed by atoms with Crippen molar-refractivity contribution in [2.24, 2.45) is 0 Å².